The number of hydrogen-bond donors (Lipinski definition) is 1. The first kappa shape index (κ1) is 21.9. The monoisotopic (exact) mass is 436 g/mol. The number of benzene rings is 2. The maximum atomic E-state index is 13.1. The fourth-order valence-corrected chi connectivity index (χ4v) is 4.05. The van der Waals surface area contributed by atoms with Crippen molar-refractivity contribution in [1.82, 2.24) is 9.80 Å². The third-order valence-electron chi connectivity index (χ3n) is 5.85. The van der Waals surface area contributed by atoms with Crippen molar-refractivity contribution < 1.29 is 24.2 Å². The topological polar surface area (TPSA) is 79.3 Å². The summed E-state index contributed by atoms with van der Waals surface area (Å²) < 4.78 is 11.2. The molecule has 1 N–H and O–H groups in total. The first-order chi connectivity index (χ1) is 15.4. The van der Waals surface area contributed by atoms with Gasteiger partial charge < -0.3 is 24.4 Å². The van der Waals surface area contributed by atoms with Crippen LogP contribution < -0.4 is 9.47 Å². The van der Waals surface area contributed by atoms with Gasteiger partial charge in [0.05, 0.1) is 11.6 Å². The Kier molecular flexibility index (Phi) is 6.19. The molecule has 1 fully saturated rings. The number of ketones is 1. The van der Waals surface area contributed by atoms with E-state index in [0.29, 0.717) is 43.4 Å². The number of Topliss-reactive ketones (excluding diaryl/α,β-unsaturated/α-hetero) is 1. The van der Waals surface area contributed by atoms with Gasteiger partial charge in [0.15, 0.2) is 11.5 Å². The van der Waals surface area contributed by atoms with Crippen LogP contribution in [0.3, 0.4) is 0 Å². The number of hydrogen-bond acceptors (Lipinski definition) is 6. The molecule has 2 aliphatic rings. The Hall–Kier alpha value is -3.32. The molecule has 2 heterocycles. The number of fused-ring (bicyclic) bond motifs is 1. The highest BCUT2D eigenvalue weighted by atomic mass is 16.6. The third kappa shape index (κ3) is 4.08. The summed E-state index contributed by atoms with van der Waals surface area (Å²) in [5.74, 6) is -0.398. The molecule has 7 nitrogen and oxygen atoms in total. The second-order valence-corrected chi connectivity index (χ2v) is 8.25. The van der Waals surface area contributed by atoms with Gasteiger partial charge in [0.2, 0.25) is 0 Å². The second kappa shape index (κ2) is 9.04. The van der Waals surface area contributed by atoms with E-state index in [-0.39, 0.29) is 11.3 Å². The highest BCUT2D eigenvalue weighted by molar-refractivity contribution is 6.46. The Balaban J connectivity index is 1.81. The molecule has 168 valence electrons. The number of amides is 1. The van der Waals surface area contributed by atoms with Crippen LogP contribution in [0.1, 0.15) is 29.7 Å². The first-order valence-electron chi connectivity index (χ1n) is 10.8. The van der Waals surface area contributed by atoms with Gasteiger partial charge >= 0.3 is 0 Å². The quantitative estimate of drug-likeness (QED) is 0.426. The molecule has 0 aliphatic carbocycles. The zero-order valence-corrected chi connectivity index (χ0v) is 18.6. The summed E-state index contributed by atoms with van der Waals surface area (Å²) in [4.78, 5) is 29.6. The molecule has 4 rings (SSSR count). The van der Waals surface area contributed by atoms with E-state index >= 15 is 0 Å². The summed E-state index contributed by atoms with van der Waals surface area (Å²) in [5.41, 5.74) is 2.45. The zero-order valence-electron chi connectivity index (χ0n) is 18.6. The van der Waals surface area contributed by atoms with Crippen LogP contribution in [-0.2, 0) is 16.0 Å². The number of nitrogens with zero attached hydrogens (tertiary/aromatic N) is 2. The minimum atomic E-state index is -0.680. The number of aliphatic hydroxyl groups excluding tert-OH is 1. The summed E-state index contributed by atoms with van der Waals surface area (Å²) in [5, 5.41) is 11.2. The molecule has 0 aromatic heterocycles. The molecule has 2 aromatic carbocycles. The van der Waals surface area contributed by atoms with E-state index in [1.54, 1.807) is 23.1 Å². The summed E-state index contributed by atoms with van der Waals surface area (Å²) in [6, 6.07) is 12.2. The van der Waals surface area contributed by atoms with Gasteiger partial charge in [-0.15, -0.1) is 0 Å². The number of carbonyl (C=O) groups excluding carboxylic acids is 2. The van der Waals surface area contributed by atoms with Crippen LogP contribution in [0.5, 0.6) is 11.5 Å². The van der Waals surface area contributed by atoms with Gasteiger partial charge in [-0.2, -0.15) is 0 Å². The number of aliphatic hydroxyl groups is 1. The minimum Gasteiger partial charge on any atom is -0.507 e. The smallest absolute Gasteiger partial charge is 0.295 e. The summed E-state index contributed by atoms with van der Waals surface area (Å²) in [7, 11) is 3.83. The van der Waals surface area contributed by atoms with Crippen molar-refractivity contribution in [3.8, 4) is 11.5 Å². The Bertz CT molecular complexity index is 1060. The van der Waals surface area contributed by atoms with Crippen molar-refractivity contribution in [2.24, 2.45) is 0 Å². The molecule has 2 aliphatic heterocycles. The molecule has 0 radical (unpaired) electrons. The maximum Gasteiger partial charge on any atom is 0.295 e. The summed E-state index contributed by atoms with van der Waals surface area (Å²) in [6.07, 6.45) is 0.887. The predicted molar refractivity (Wildman–Crippen MR) is 121 cm³/mol. The molecule has 2 aromatic rings. The van der Waals surface area contributed by atoms with Crippen molar-refractivity contribution in [2.45, 2.75) is 19.4 Å². The normalized spacial score (nSPS) is 19.6. The molecule has 0 bridgehead atoms. The van der Waals surface area contributed by atoms with E-state index in [0.717, 1.165) is 17.5 Å². The standard InChI is InChI=1S/C25H28N2O5/c1-4-16-5-7-17(8-6-16)22-21(24(29)25(30)27(22)12-11-26(2)3)23(28)18-9-10-19-20(15-18)32-14-13-31-19/h5-10,15,22,28H,4,11-14H2,1-3H3. The Labute approximate surface area is 187 Å². The van der Waals surface area contributed by atoms with Crippen LogP contribution in [0.2, 0.25) is 0 Å². The molecule has 0 saturated carbocycles. The average Bonchev–Trinajstić information content (AvgIpc) is 3.06. The van der Waals surface area contributed by atoms with Gasteiger partial charge in [-0.05, 0) is 49.8 Å². The van der Waals surface area contributed by atoms with Gasteiger partial charge in [-0.3, -0.25) is 9.59 Å². The van der Waals surface area contributed by atoms with Crippen LogP contribution in [0.15, 0.2) is 48.0 Å². The lowest BCUT2D eigenvalue weighted by Crippen LogP contribution is -2.35. The van der Waals surface area contributed by atoms with E-state index in [1.165, 1.54) is 0 Å². The molecular formula is C25H28N2O5. The average molecular weight is 437 g/mol. The van der Waals surface area contributed by atoms with Gasteiger partial charge in [0.1, 0.15) is 19.0 Å². The largest absolute Gasteiger partial charge is 0.507 e. The van der Waals surface area contributed by atoms with Crippen molar-refractivity contribution in [1.29, 1.82) is 0 Å². The van der Waals surface area contributed by atoms with Crippen LogP contribution in [0, 0.1) is 0 Å². The van der Waals surface area contributed by atoms with Crippen molar-refractivity contribution in [2.75, 3.05) is 40.4 Å². The van der Waals surface area contributed by atoms with Gasteiger partial charge in [0, 0.05) is 18.7 Å². The number of aryl methyl sites for hydroxylation is 1. The lowest BCUT2D eigenvalue weighted by atomic mass is 9.94. The molecule has 1 unspecified atom stereocenters. The fraction of sp³-hybridized carbons (Fsp3) is 0.360. The van der Waals surface area contributed by atoms with Crippen molar-refractivity contribution in [3.63, 3.8) is 0 Å². The number of rotatable bonds is 6. The van der Waals surface area contributed by atoms with Crippen molar-refractivity contribution >= 4 is 17.4 Å². The third-order valence-corrected chi connectivity index (χ3v) is 5.85. The number of likely N-dealkylation sites (tertiary alicyclic amines) is 1. The SMILES string of the molecule is CCc1ccc(C2C(=C(O)c3ccc4c(c3)OCCO4)C(=O)C(=O)N2CCN(C)C)cc1. The highest BCUT2D eigenvalue weighted by Crippen LogP contribution is 2.41. The Morgan fingerprint density at radius 2 is 1.75 bits per heavy atom. The van der Waals surface area contributed by atoms with E-state index in [9.17, 15) is 14.7 Å². The second-order valence-electron chi connectivity index (χ2n) is 8.25. The maximum absolute atomic E-state index is 13.1. The van der Waals surface area contributed by atoms with Crippen LogP contribution in [-0.4, -0.2) is 67.0 Å². The van der Waals surface area contributed by atoms with Crippen molar-refractivity contribution in [3.05, 3.63) is 64.7 Å². The first-order valence-corrected chi connectivity index (χ1v) is 10.8. The predicted octanol–water partition coefficient (Wildman–Crippen LogP) is 3.00. The molecule has 32 heavy (non-hydrogen) atoms. The van der Waals surface area contributed by atoms with Gasteiger partial charge in [-0.25, -0.2) is 0 Å². The Morgan fingerprint density at radius 1 is 1.06 bits per heavy atom. The molecular weight excluding hydrogens is 408 g/mol. The number of likely N-dealkylation sites (N-methyl/N-ethyl adjacent to an activating group) is 1. The summed E-state index contributed by atoms with van der Waals surface area (Å²) in [6.45, 7) is 3.91. The van der Waals surface area contributed by atoms with Crippen LogP contribution in [0.25, 0.3) is 5.76 Å². The minimum absolute atomic E-state index is 0.0923. The van der Waals surface area contributed by atoms with Crippen LogP contribution in [0.4, 0.5) is 0 Å². The molecule has 1 amide bonds. The lowest BCUT2D eigenvalue weighted by molar-refractivity contribution is -0.140. The lowest BCUT2D eigenvalue weighted by Gasteiger charge is -2.27. The molecule has 0 spiro atoms. The van der Waals surface area contributed by atoms with E-state index in [1.807, 2.05) is 43.3 Å². The molecule has 1 atom stereocenters. The van der Waals surface area contributed by atoms with E-state index < -0.39 is 17.7 Å². The number of carbonyl (C=O) groups is 2. The van der Waals surface area contributed by atoms with Gasteiger partial charge in [-0.1, -0.05) is 31.2 Å². The number of ether oxygens (including phenoxy) is 2. The zero-order chi connectivity index (χ0) is 22.8. The van der Waals surface area contributed by atoms with E-state index in [4.69, 9.17) is 9.47 Å². The van der Waals surface area contributed by atoms with E-state index in [2.05, 4.69) is 6.92 Å². The fourth-order valence-electron chi connectivity index (χ4n) is 4.05. The van der Waals surface area contributed by atoms with Crippen LogP contribution >= 0.6 is 0 Å². The summed E-state index contributed by atoms with van der Waals surface area (Å²) >= 11 is 0. The highest BCUT2D eigenvalue weighted by Gasteiger charge is 2.45. The molecule has 1 saturated heterocycles. The molecule has 7 heteroatoms. The van der Waals surface area contributed by atoms with Gasteiger partial charge in [0.25, 0.3) is 11.7 Å². The Morgan fingerprint density at radius 3 is 2.41 bits per heavy atom.